The highest BCUT2D eigenvalue weighted by molar-refractivity contribution is 7.80. The molecule has 2 atom stereocenters. The van der Waals surface area contributed by atoms with Gasteiger partial charge in [0, 0.05) is 36.7 Å². The smallest absolute Gasteiger partial charge is 0.226 e. The van der Waals surface area contributed by atoms with Crippen LogP contribution in [-0.2, 0) is 4.79 Å². The zero-order valence-electron chi connectivity index (χ0n) is 16.1. The summed E-state index contributed by atoms with van der Waals surface area (Å²) in [6.45, 7) is 2.49. The second-order valence-electron chi connectivity index (χ2n) is 7.06. The summed E-state index contributed by atoms with van der Waals surface area (Å²) in [4.78, 5) is 22.4. The van der Waals surface area contributed by atoms with Crippen LogP contribution in [0.3, 0.4) is 0 Å². The van der Waals surface area contributed by atoms with Crippen LogP contribution in [0.1, 0.15) is 35.5 Å². The van der Waals surface area contributed by atoms with Gasteiger partial charge in [0.25, 0.3) is 0 Å². The van der Waals surface area contributed by atoms with Crippen molar-refractivity contribution in [2.75, 3.05) is 11.9 Å². The Morgan fingerprint density at radius 2 is 2.00 bits per heavy atom. The number of anilines is 1. The predicted octanol–water partition coefficient (Wildman–Crippen LogP) is 3.72. The largest absolute Gasteiger partial charge is 0.363 e. The van der Waals surface area contributed by atoms with Gasteiger partial charge in [0.1, 0.15) is 0 Å². The number of nitrogens with one attached hydrogen (secondary N) is 3. The topological polar surface area (TPSA) is 73.1 Å². The second-order valence-corrected chi connectivity index (χ2v) is 7.45. The van der Waals surface area contributed by atoms with Gasteiger partial charge in [-0.05, 0) is 55.0 Å². The van der Waals surface area contributed by atoms with Crippen molar-refractivity contribution >= 4 is 28.9 Å². The molecule has 29 heavy (non-hydrogen) atoms. The zero-order valence-corrected chi connectivity index (χ0v) is 16.9. The summed E-state index contributed by atoms with van der Waals surface area (Å²) < 4.78 is 0. The molecule has 3 N–H and O–H groups in total. The highest BCUT2D eigenvalue weighted by Crippen LogP contribution is 2.37. The SMILES string of the molecule is Cc1ccccc1NC(=O)CCN1C(=S)N[C@H](c2ccccn2)[C@H]1c1ccc[nH]1. The van der Waals surface area contributed by atoms with E-state index < -0.39 is 0 Å². The molecule has 7 heteroatoms. The third kappa shape index (κ3) is 4.14. The Morgan fingerprint density at radius 3 is 2.72 bits per heavy atom. The molecule has 1 aromatic carbocycles. The second kappa shape index (κ2) is 8.45. The number of amides is 1. The quantitative estimate of drug-likeness (QED) is 0.545. The number of H-pyrrole nitrogens is 1. The van der Waals surface area contributed by atoms with E-state index in [9.17, 15) is 4.79 Å². The number of aromatic amines is 1. The Balaban J connectivity index is 1.50. The third-order valence-electron chi connectivity index (χ3n) is 5.14. The predicted molar refractivity (Wildman–Crippen MR) is 117 cm³/mol. The normalized spacial score (nSPS) is 18.5. The number of hydrogen-bond donors (Lipinski definition) is 3. The van der Waals surface area contributed by atoms with Gasteiger partial charge in [0.15, 0.2) is 5.11 Å². The van der Waals surface area contributed by atoms with Crippen LogP contribution in [0.15, 0.2) is 67.0 Å². The number of aryl methyl sites for hydroxylation is 1. The van der Waals surface area contributed by atoms with Crippen molar-refractivity contribution in [3.63, 3.8) is 0 Å². The van der Waals surface area contributed by atoms with Gasteiger partial charge in [0.2, 0.25) is 5.91 Å². The van der Waals surface area contributed by atoms with Crippen LogP contribution in [0, 0.1) is 6.92 Å². The van der Waals surface area contributed by atoms with Crippen LogP contribution < -0.4 is 10.6 Å². The molecule has 6 nitrogen and oxygen atoms in total. The van der Waals surface area contributed by atoms with Gasteiger partial charge >= 0.3 is 0 Å². The Labute approximate surface area is 175 Å². The van der Waals surface area contributed by atoms with E-state index in [0.717, 1.165) is 22.6 Å². The molecule has 1 aliphatic rings. The van der Waals surface area contributed by atoms with Gasteiger partial charge in [-0.2, -0.15) is 0 Å². The summed E-state index contributed by atoms with van der Waals surface area (Å²) in [5.41, 5.74) is 3.83. The maximum Gasteiger partial charge on any atom is 0.226 e. The molecule has 0 bridgehead atoms. The summed E-state index contributed by atoms with van der Waals surface area (Å²) >= 11 is 5.61. The molecule has 0 saturated carbocycles. The molecule has 0 radical (unpaired) electrons. The first-order valence-corrected chi connectivity index (χ1v) is 10.0. The van der Waals surface area contributed by atoms with Crippen LogP contribution in [-0.4, -0.2) is 32.4 Å². The van der Waals surface area contributed by atoms with Crippen LogP contribution in [0.5, 0.6) is 0 Å². The van der Waals surface area contributed by atoms with Crippen molar-refractivity contribution in [3.8, 4) is 0 Å². The number of benzene rings is 1. The molecule has 3 heterocycles. The van der Waals surface area contributed by atoms with Gasteiger partial charge in [-0.15, -0.1) is 0 Å². The van der Waals surface area contributed by atoms with Crippen molar-refractivity contribution in [1.29, 1.82) is 0 Å². The van der Waals surface area contributed by atoms with E-state index in [1.165, 1.54) is 0 Å². The minimum absolute atomic E-state index is 0.0337. The first kappa shape index (κ1) is 19.1. The monoisotopic (exact) mass is 405 g/mol. The average molecular weight is 406 g/mol. The fraction of sp³-hybridized carbons (Fsp3) is 0.227. The van der Waals surface area contributed by atoms with E-state index in [-0.39, 0.29) is 18.0 Å². The molecule has 1 fully saturated rings. The van der Waals surface area contributed by atoms with Gasteiger partial charge in [-0.1, -0.05) is 24.3 Å². The highest BCUT2D eigenvalue weighted by atomic mass is 32.1. The van der Waals surface area contributed by atoms with Crippen molar-refractivity contribution in [2.24, 2.45) is 0 Å². The van der Waals surface area contributed by atoms with Crippen LogP contribution in [0.2, 0.25) is 0 Å². The summed E-state index contributed by atoms with van der Waals surface area (Å²) in [5, 5.41) is 7.01. The lowest BCUT2D eigenvalue weighted by Gasteiger charge is -2.26. The molecule has 148 valence electrons. The van der Waals surface area contributed by atoms with Gasteiger partial charge in [-0.3, -0.25) is 9.78 Å². The van der Waals surface area contributed by atoms with Crippen molar-refractivity contribution < 1.29 is 4.79 Å². The number of thiocarbonyl (C=S) groups is 1. The van der Waals surface area contributed by atoms with Gasteiger partial charge < -0.3 is 20.5 Å². The summed E-state index contributed by atoms with van der Waals surface area (Å²) in [6.07, 6.45) is 4.02. The molecule has 4 rings (SSSR count). The number of hydrogen-bond acceptors (Lipinski definition) is 3. The number of rotatable bonds is 6. The fourth-order valence-electron chi connectivity index (χ4n) is 3.66. The van der Waals surface area contributed by atoms with E-state index in [1.54, 1.807) is 6.20 Å². The lowest BCUT2D eigenvalue weighted by Crippen LogP contribution is -2.32. The molecule has 1 aliphatic heterocycles. The minimum atomic E-state index is -0.0817. The Morgan fingerprint density at radius 1 is 1.17 bits per heavy atom. The number of carbonyl (C=O) groups excluding carboxylic acids is 1. The number of carbonyl (C=O) groups is 1. The number of para-hydroxylation sites is 1. The Hall–Kier alpha value is -3.19. The Kier molecular flexibility index (Phi) is 5.57. The van der Waals surface area contributed by atoms with Crippen molar-refractivity contribution in [1.82, 2.24) is 20.2 Å². The number of pyridine rings is 1. The number of aromatic nitrogens is 2. The highest BCUT2D eigenvalue weighted by Gasteiger charge is 2.40. The summed E-state index contributed by atoms with van der Waals surface area (Å²) in [6, 6.07) is 17.5. The molecular formula is C22H23N5OS. The van der Waals surface area contributed by atoms with Crippen LogP contribution in [0.4, 0.5) is 5.69 Å². The van der Waals surface area contributed by atoms with Gasteiger partial charge in [-0.25, -0.2) is 0 Å². The van der Waals surface area contributed by atoms with E-state index in [4.69, 9.17) is 12.2 Å². The molecule has 0 aliphatic carbocycles. The van der Waals surface area contributed by atoms with E-state index in [1.807, 2.05) is 67.7 Å². The number of nitrogens with zero attached hydrogens (tertiary/aromatic N) is 2. The fourth-order valence-corrected chi connectivity index (χ4v) is 3.99. The molecular weight excluding hydrogens is 382 g/mol. The maximum absolute atomic E-state index is 12.6. The summed E-state index contributed by atoms with van der Waals surface area (Å²) in [7, 11) is 0. The zero-order chi connectivity index (χ0) is 20.2. The van der Waals surface area contributed by atoms with E-state index in [2.05, 4.69) is 25.5 Å². The molecule has 1 amide bonds. The molecule has 1 saturated heterocycles. The first-order valence-electron chi connectivity index (χ1n) is 9.60. The van der Waals surface area contributed by atoms with E-state index >= 15 is 0 Å². The molecule has 0 unspecified atom stereocenters. The lowest BCUT2D eigenvalue weighted by atomic mass is 10.0. The molecule has 2 aromatic heterocycles. The molecule has 3 aromatic rings. The van der Waals surface area contributed by atoms with E-state index in [0.29, 0.717) is 18.1 Å². The summed E-state index contributed by atoms with van der Waals surface area (Å²) in [5.74, 6) is -0.0337. The average Bonchev–Trinajstić information content (AvgIpc) is 3.36. The maximum atomic E-state index is 12.6. The first-order chi connectivity index (χ1) is 14.1. The van der Waals surface area contributed by atoms with Crippen molar-refractivity contribution in [3.05, 3.63) is 83.9 Å². The van der Waals surface area contributed by atoms with Crippen LogP contribution >= 0.6 is 12.2 Å². The Bertz CT molecular complexity index is 989. The minimum Gasteiger partial charge on any atom is -0.363 e. The lowest BCUT2D eigenvalue weighted by molar-refractivity contribution is -0.116. The van der Waals surface area contributed by atoms with Crippen LogP contribution in [0.25, 0.3) is 0 Å². The van der Waals surface area contributed by atoms with Crippen molar-refractivity contribution in [2.45, 2.75) is 25.4 Å². The molecule has 0 spiro atoms. The standard InChI is InChI=1S/C22H23N5OS/c1-15-7-2-3-8-16(15)25-19(28)11-14-27-21(18-10-6-13-24-18)20(26-22(27)29)17-9-4-5-12-23-17/h2-10,12-13,20-21,24H,11,14H2,1H3,(H,25,28)(H,26,29)/t20-,21-/m1/s1. The van der Waals surface area contributed by atoms with Gasteiger partial charge in [0.05, 0.1) is 17.8 Å². The third-order valence-corrected chi connectivity index (χ3v) is 5.49.